The van der Waals surface area contributed by atoms with Crippen molar-refractivity contribution in [2.24, 2.45) is 11.8 Å². The molecule has 2 fully saturated rings. The molecule has 2 aromatic heterocycles. The Labute approximate surface area is 216 Å². The van der Waals surface area contributed by atoms with Gasteiger partial charge in [0.05, 0.1) is 32.0 Å². The van der Waals surface area contributed by atoms with Gasteiger partial charge < -0.3 is 9.47 Å². The van der Waals surface area contributed by atoms with Gasteiger partial charge in [-0.3, -0.25) is 14.3 Å². The highest BCUT2D eigenvalue weighted by atomic mass is 32.1. The summed E-state index contributed by atoms with van der Waals surface area (Å²) >= 11 is 1.78. The number of aryl methyl sites for hydroxylation is 1. The third-order valence-electron chi connectivity index (χ3n) is 9.81. The second kappa shape index (κ2) is 8.67. The van der Waals surface area contributed by atoms with Crippen LogP contribution in [0.1, 0.15) is 53.7 Å². The van der Waals surface area contributed by atoms with Crippen molar-refractivity contribution < 1.29 is 9.47 Å². The number of benzene rings is 1. The smallest absolute Gasteiger partial charge is 0.262 e. The Balaban J connectivity index is 1.21. The molecule has 0 N–H and O–H groups in total. The molecule has 0 unspecified atom stereocenters. The molecule has 3 aliphatic carbocycles. The van der Waals surface area contributed by atoms with Crippen LogP contribution >= 0.6 is 11.3 Å². The number of rotatable bonds is 4. The molecule has 1 saturated carbocycles. The highest BCUT2D eigenvalue weighted by Crippen LogP contribution is 2.62. The quantitative estimate of drug-likeness (QED) is 0.527. The van der Waals surface area contributed by atoms with Crippen LogP contribution in [-0.4, -0.2) is 54.4 Å². The molecule has 0 bridgehead atoms. The van der Waals surface area contributed by atoms with Gasteiger partial charge in [-0.25, -0.2) is 4.98 Å². The van der Waals surface area contributed by atoms with Crippen LogP contribution in [0.5, 0.6) is 5.75 Å². The highest BCUT2D eigenvalue weighted by Gasteiger charge is 2.54. The second-order valence-electron chi connectivity index (χ2n) is 11.4. The zero-order valence-electron chi connectivity index (χ0n) is 21.3. The first kappa shape index (κ1) is 22.9. The van der Waals surface area contributed by atoms with Crippen molar-refractivity contribution in [1.82, 2.24) is 14.5 Å². The minimum atomic E-state index is 0.0724. The van der Waals surface area contributed by atoms with E-state index in [-0.39, 0.29) is 11.0 Å². The Hall–Kier alpha value is -2.22. The van der Waals surface area contributed by atoms with Crippen molar-refractivity contribution in [2.75, 3.05) is 40.0 Å². The van der Waals surface area contributed by atoms with Gasteiger partial charge in [-0.15, -0.1) is 11.3 Å². The Morgan fingerprint density at radius 1 is 1.22 bits per heavy atom. The van der Waals surface area contributed by atoms with Crippen LogP contribution in [0.25, 0.3) is 10.2 Å². The number of ether oxygens (including phenoxy) is 2. The van der Waals surface area contributed by atoms with Crippen LogP contribution in [0.4, 0.5) is 0 Å². The van der Waals surface area contributed by atoms with E-state index < -0.39 is 0 Å². The van der Waals surface area contributed by atoms with Gasteiger partial charge in [-0.2, -0.15) is 0 Å². The first-order valence-electron chi connectivity index (χ1n) is 13.5. The van der Waals surface area contributed by atoms with Gasteiger partial charge in [0.15, 0.2) is 0 Å². The molecule has 1 saturated heterocycles. The minimum Gasteiger partial charge on any atom is -0.497 e. The summed E-state index contributed by atoms with van der Waals surface area (Å²) in [5, 5.41) is 0.920. The standard InChI is InChI=1S/C29H35N3O3S/c1-29-8-7-21-20-6-4-19(34-2)15-18(20)3-5-22(21)23(29)16-24-26(29)25-27(36-24)30-17-32(28(25)33)10-9-31-11-13-35-14-12-31/h4,6,15,17,21-23H,3,5,7-14,16H2,1-2H3/t21-,22-,23+,29+/m1/s1. The number of methoxy groups -OCH3 is 1. The second-order valence-corrected chi connectivity index (χ2v) is 12.5. The molecule has 190 valence electrons. The molecule has 4 atom stereocenters. The fourth-order valence-electron chi connectivity index (χ4n) is 7.95. The van der Waals surface area contributed by atoms with Crippen molar-refractivity contribution in [3.05, 3.63) is 56.4 Å². The van der Waals surface area contributed by atoms with E-state index in [2.05, 4.69) is 30.0 Å². The molecule has 7 heteroatoms. The molecule has 4 aliphatic rings. The van der Waals surface area contributed by atoms with Crippen molar-refractivity contribution in [3.8, 4) is 5.75 Å². The number of fused-ring (bicyclic) bond motifs is 9. The lowest BCUT2D eigenvalue weighted by atomic mass is 9.55. The van der Waals surface area contributed by atoms with E-state index >= 15 is 0 Å². The molecular formula is C29H35N3O3S. The molecule has 1 aliphatic heterocycles. The number of aromatic nitrogens is 2. The topological polar surface area (TPSA) is 56.6 Å². The van der Waals surface area contributed by atoms with Gasteiger partial charge >= 0.3 is 0 Å². The zero-order chi connectivity index (χ0) is 24.4. The molecule has 36 heavy (non-hydrogen) atoms. The fraction of sp³-hybridized carbons (Fsp3) is 0.586. The normalized spacial score (nSPS) is 29.4. The maximum absolute atomic E-state index is 13.8. The fourth-order valence-corrected chi connectivity index (χ4v) is 9.27. The van der Waals surface area contributed by atoms with Crippen LogP contribution in [0.3, 0.4) is 0 Å². The molecule has 1 aromatic carbocycles. The number of hydrogen-bond donors (Lipinski definition) is 0. The lowest BCUT2D eigenvalue weighted by Gasteiger charge is -2.49. The summed E-state index contributed by atoms with van der Waals surface area (Å²) in [5.74, 6) is 2.89. The number of thiophene rings is 1. The number of hydrogen-bond acceptors (Lipinski definition) is 6. The summed E-state index contributed by atoms with van der Waals surface area (Å²) in [4.78, 5) is 23.4. The third-order valence-corrected chi connectivity index (χ3v) is 10.9. The summed E-state index contributed by atoms with van der Waals surface area (Å²) in [7, 11) is 1.76. The van der Waals surface area contributed by atoms with Gasteiger partial charge in [-0.1, -0.05) is 13.0 Å². The number of nitrogens with zero attached hydrogens (tertiary/aromatic N) is 3. The average molecular weight is 506 g/mol. The van der Waals surface area contributed by atoms with Gasteiger partial charge in [0.1, 0.15) is 10.6 Å². The van der Waals surface area contributed by atoms with E-state index in [1.807, 2.05) is 4.57 Å². The first-order chi connectivity index (χ1) is 17.6. The summed E-state index contributed by atoms with van der Waals surface area (Å²) < 4.78 is 12.8. The molecule has 3 heterocycles. The molecule has 6 nitrogen and oxygen atoms in total. The lowest BCUT2D eigenvalue weighted by Crippen LogP contribution is -2.43. The summed E-state index contributed by atoms with van der Waals surface area (Å²) in [6.45, 7) is 7.47. The number of morpholine rings is 1. The van der Waals surface area contributed by atoms with Crippen LogP contribution in [0, 0.1) is 11.8 Å². The van der Waals surface area contributed by atoms with E-state index in [4.69, 9.17) is 14.5 Å². The van der Waals surface area contributed by atoms with Crippen molar-refractivity contribution in [3.63, 3.8) is 0 Å². The highest BCUT2D eigenvalue weighted by molar-refractivity contribution is 7.18. The molecule has 0 radical (unpaired) electrons. The van der Waals surface area contributed by atoms with Crippen LogP contribution in [-0.2, 0) is 29.5 Å². The molecule has 3 aromatic rings. The van der Waals surface area contributed by atoms with E-state index in [0.717, 1.165) is 68.1 Å². The van der Waals surface area contributed by atoms with Crippen LogP contribution < -0.4 is 10.3 Å². The van der Waals surface area contributed by atoms with E-state index in [1.54, 1.807) is 30.3 Å². The van der Waals surface area contributed by atoms with E-state index in [0.29, 0.717) is 24.3 Å². The van der Waals surface area contributed by atoms with E-state index in [1.165, 1.54) is 28.8 Å². The predicted molar refractivity (Wildman–Crippen MR) is 142 cm³/mol. The summed E-state index contributed by atoms with van der Waals surface area (Å²) in [6, 6.07) is 6.72. The minimum absolute atomic E-state index is 0.0724. The van der Waals surface area contributed by atoms with Gasteiger partial charge in [0, 0.05) is 31.1 Å². The molecular weight excluding hydrogens is 470 g/mol. The maximum atomic E-state index is 13.8. The Morgan fingerprint density at radius 3 is 2.92 bits per heavy atom. The largest absolute Gasteiger partial charge is 0.497 e. The average Bonchev–Trinajstić information content (AvgIpc) is 3.43. The SMILES string of the molecule is COc1ccc2c(c1)CC[C@@H]1[C@@H]2CC[C@]2(C)c3c(sc4ncn(CCN5CCOCC5)c(=O)c34)C[C@@H]12. The van der Waals surface area contributed by atoms with Gasteiger partial charge in [0.2, 0.25) is 0 Å². The third kappa shape index (κ3) is 3.42. The zero-order valence-corrected chi connectivity index (χ0v) is 22.1. The molecule has 7 rings (SSSR count). The van der Waals surface area contributed by atoms with Crippen LogP contribution in [0.2, 0.25) is 0 Å². The first-order valence-corrected chi connectivity index (χ1v) is 14.4. The summed E-state index contributed by atoms with van der Waals surface area (Å²) in [5.41, 5.74) is 4.61. The molecule has 0 spiro atoms. The Bertz CT molecular complexity index is 1370. The van der Waals surface area contributed by atoms with Crippen molar-refractivity contribution in [1.29, 1.82) is 0 Å². The predicted octanol–water partition coefficient (Wildman–Crippen LogP) is 4.37. The maximum Gasteiger partial charge on any atom is 0.262 e. The Morgan fingerprint density at radius 2 is 2.08 bits per heavy atom. The molecule has 0 amide bonds. The van der Waals surface area contributed by atoms with Crippen molar-refractivity contribution in [2.45, 2.75) is 56.9 Å². The lowest BCUT2D eigenvalue weighted by molar-refractivity contribution is 0.0362. The monoisotopic (exact) mass is 505 g/mol. The Kier molecular flexibility index (Phi) is 5.53. The van der Waals surface area contributed by atoms with Crippen molar-refractivity contribution >= 4 is 21.6 Å². The van der Waals surface area contributed by atoms with Gasteiger partial charge in [0.25, 0.3) is 5.56 Å². The van der Waals surface area contributed by atoms with E-state index in [9.17, 15) is 4.79 Å². The van der Waals surface area contributed by atoms with Crippen LogP contribution in [0.15, 0.2) is 29.3 Å². The van der Waals surface area contributed by atoms with Gasteiger partial charge in [-0.05, 0) is 84.1 Å². The summed E-state index contributed by atoms with van der Waals surface area (Å²) in [6.07, 6.45) is 7.58.